The molecule has 2 aromatic heterocycles. The van der Waals surface area contributed by atoms with Crippen LogP contribution in [-0.4, -0.2) is 31.2 Å². The first-order valence-electron chi connectivity index (χ1n) is 3.61. The topological polar surface area (TPSA) is 102 Å². The Balaban J connectivity index is 2.39. The summed E-state index contributed by atoms with van der Waals surface area (Å²) in [6, 6.07) is 0. The number of carbonyl (C=O) groups is 1. The van der Waals surface area contributed by atoms with Gasteiger partial charge in [-0.15, -0.1) is 0 Å². The van der Waals surface area contributed by atoms with Crippen LogP contribution >= 0.6 is 0 Å². The molecule has 1 N–H and O–H groups in total. The molecule has 0 bridgehead atoms. The Labute approximate surface area is 77.4 Å². The lowest BCUT2D eigenvalue weighted by atomic mass is 10.4. The van der Waals surface area contributed by atoms with Crippen molar-refractivity contribution < 1.29 is 14.4 Å². The minimum absolute atomic E-state index is 0.0375. The molecule has 2 rings (SSSR count). The van der Waals surface area contributed by atoms with Crippen LogP contribution in [0.3, 0.4) is 0 Å². The smallest absolute Gasteiger partial charge is 0.377 e. The van der Waals surface area contributed by atoms with E-state index in [1.165, 1.54) is 18.6 Å². The van der Waals surface area contributed by atoms with Gasteiger partial charge >= 0.3 is 5.97 Å². The van der Waals surface area contributed by atoms with Gasteiger partial charge in [0.1, 0.15) is 5.69 Å². The fourth-order valence-corrected chi connectivity index (χ4v) is 0.824. The van der Waals surface area contributed by atoms with E-state index < -0.39 is 11.8 Å². The molecule has 7 heteroatoms. The van der Waals surface area contributed by atoms with E-state index in [1.807, 2.05) is 0 Å². The molecule has 2 heterocycles. The van der Waals surface area contributed by atoms with Crippen molar-refractivity contribution in [1.82, 2.24) is 20.1 Å². The van der Waals surface area contributed by atoms with E-state index in [-0.39, 0.29) is 5.89 Å². The highest BCUT2D eigenvalue weighted by molar-refractivity contribution is 5.83. The molecule has 0 saturated carbocycles. The van der Waals surface area contributed by atoms with Crippen LogP contribution in [0, 0.1) is 0 Å². The van der Waals surface area contributed by atoms with E-state index in [4.69, 9.17) is 5.11 Å². The molecule has 0 aromatic carbocycles. The van der Waals surface area contributed by atoms with E-state index in [2.05, 4.69) is 24.6 Å². The van der Waals surface area contributed by atoms with Crippen LogP contribution in [0.1, 0.15) is 10.6 Å². The number of carboxylic acids is 1. The lowest BCUT2D eigenvalue weighted by Crippen LogP contribution is -1.98. The second-order valence-electron chi connectivity index (χ2n) is 2.32. The van der Waals surface area contributed by atoms with E-state index in [9.17, 15) is 4.79 Å². The number of nitrogens with zero attached hydrogens (tertiary/aromatic N) is 4. The van der Waals surface area contributed by atoms with Gasteiger partial charge in [0, 0.05) is 12.4 Å². The number of hydrogen-bond acceptors (Lipinski definition) is 6. The van der Waals surface area contributed by atoms with Gasteiger partial charge in [-0.3, -0.25) is 4.98 Å². The number of aromatic nitrogens is 4. The second-order valence-corrected chi connectivity index (χ2v) is 2.32. The van der Waals surface area contributed by atoms with Gasteiger partial charge in [-0.1, -0.05) is 0 Å². The fraction of sp³-hybridized carbons (Fsp3) is 0. The number of aromatic carboxylic acids is 1. The van der Waals surface area contributed by atoms with Gasteiger partial charge in [0.05, 0.1) is 6.20 Å². The number of rotatable bonds is 2. The van der Waals surface area contributed by atoms with Gasteiger partial charge in [-0.25, -0.2) is 9.78 Å². The Bertz CT molecular complexity index is 453. The van der Waals surface area contributed by atoms with Crippen LogP contribution in [0.4, 0.5) is 0 Å². The van der Waals surface area contributed by atoms with Gasteiger partial charge in [0.2, 0.25) is 0 Å². The van der Waals surface area contributed by atoms with Crippen molar-refractivity contribution >= 4 is 5.97 Å². The van der Waals surface area contributed by atoms with Gasteiger partial charge in [-0.2, -0.15) is 4.98 Å². The zero-order valence-corrected chi connectivity index (χ0v) is 6.78. The van der Waals surface area contributed by atoms with Gasteiger partial charge in [0.25, 0.3) is 11.7 Å². The van der Waals surface area contributed by atoms with E-state index in [0.717, 1.165) is 0 Å². The summed E-state index contributed by atoms with van der Waals surface area (Å²) in [5.41, 5.74) is 0.340. The molecule has 2 aromatic rings. The van der Waals surface area contributed by atoms with Crippen molar-refractivity contribution in [2.24, 2.45) is 0 Å². The molecule has 0 radical (unpaired) electrons. The highest BCUT2D eigenvalue weighted by Crippen LogP contribution is 2.11. The predicted octanol–water partition coefficient (Wildman–Crippen LogP) is 0.225. The van der Waals surface area contributed by atoms with Crippen LogP contribution in [0.2, 0.25) is 0 Å². The van der Waals surface area contributed by atoms with Gasteiger partial charge in [-0.05, 0) is 5.16 Å². The molecule has 0 saturated heterocycles. The van der Waals surface area contributed by atoms with Crippen LogP contribution < -0.4 is 0 Å². The average Bonchev–Trinajstić information content (AvgIpc) is 2.68. The van der Waals surface area contributed by atoms with Crippen molar-refractivity contribution in [3.05, 3.63) is 24.4 Å². The molecular weight excluding hydrogens is 188 g/mol. The molecule has 14 heavy (non-hydrogen) atoms. The number of carboxylic acid groups (broad SMARTS) is 1. The fourth-order valence-electron chi connectivity index (χ4n) is 0.824. The molecule has 0 aliphatic heterocycles. The van der Waals surface area contributed by atoms with Crippen molar-refractivity contribution in [3.8, 4) is 11.6 Å². The molecule has 7 nitrogen and oxygen atoms in total. The maximum Gasteiger partial charge on any atom is 0.377 e. The summed E-state index contributed by atoms with van der Waals surface area (Å²) in [6.07, 6.45) is 4.33. The maximum atomic E-state index is 10.4. The van der Waals surface area contributed by atoms with Gasteiger partial charge < -0.3 is 9.63 Å². The molecule has 0 spiro atoms. The third-order valence-electron chi connectivity index (χ3n) is 1.40. The third-order valence-corrected chi connectivity index (χ3v) is 1.40. The minimum Gasteiger partial charge on any atom is -0.475 e. The lowest BCUT2D eigenvalue weighted by Gasteiger charge is -1.88. The van der Waals surface area contributed by atoms with Crippen molar-refractivity contribution in [1.29, 1.82) is 0 Å². The molecule has 0 fully saturated rings. The summed E-state index contributed by atoms with van der Waals surface area (Å²) in [7, 11) is 0. The van der Waals surface area contributed by atoms with Gasteiger partial charge in [0.15, 0.2) is 0 Å². The first-order valence-corrected chi connectivity index (χ1v) is 3.61. The van der Waals surface area contributed by atoms with Crippen LogP contribution in [0.25, 0.3) is 11.6 Å². The normalized spacial score (nSPS) is 10.0. The number of hydrogen-bond donors (Lipinski definition) is 1. The Morgan fingerprint density at radius 2 is 2.29 bits per heavy atom. The Morgan fingerprint density at radius 1 is 1.43 bits per heavy atom. The van der Waals surface area contributed by atoms with Crippen LogP contribution in [0.5, 0.6) is 0 Å². The van der Waals surface area contributed by atoms with E-state index >= 15 is 0 Å². The first kappa shape index (κ1) is 8.30. The highest BCUT2D eigenvalue weighted by atomic mass is 16.5. The predicted molar refractivity (Wildman–Crippen MR) is 42.3 cm³/mol. The maximum absolute atomic E-state index is 10.4. The molecular formula is C7H4N4O3. The van der Waals surface area contributed by atoms with Crippen molar-refractivity contribution in [3.63, 3.8) is 0 Å². The molecule has 0 atom stereocenters. The Morgan fingerprint density at radius 3 is 2.86 bits per heavy atom. The molecule has 70 valence electrons. The zero-order chi connectivity index (χ0) is 9.97. The highest BCUT2D eigenvalue weighted by Gasteiger charge is 2.14. The lowest BCUT2D eigenvalue weighted by molar-refractivity contribution is 0.0680. The summed E-state index contributed by atoms with van der Waals surface area (Å²) in [4.78, 5) is 21.7. The second kappa shape index (κ2) is 3.21. The molecule has 0 unspecified atom stereocenters. The largest absolute Gasteiger partial charge is 0.475 e. The van der Waals surface area contributed by atoms with E-state index in [1.54, 1.807) is 0 Å². The molecule has 0 aliphatic carbocycles. The summed E-state index contributed by atoms with van der Waals surface area (Å²) < 4.78 is 4.67. The Hall–Kier alpha value is -2.31. The van der Waals surface area contributed by atoms with Crippen LogP contribution in [-0.2, 0) is 0 Å². The minimum atomic E-state index is -1.25. The third kappa shape index (κ3) is 1.42. The monoisotopic (exact) mass is 192 g/mol. The summed E-state index contributed by atoms with van der Waals surface area (Å²) in [5, 5.41) is 11.8. The van der Waals surface area contributed by atoms with Crippen molar-refractivity contribution in [2.75, 3.05) is 0 Å². The van der Waals surface area contributed by atoms with E-state index in [0.29, 0.717) is 5.69 Å². The Kier molecular flexibility index (Phi) is 1.90. The summed E-state index contributed by atoms with van der Waals surface area (Å²) >= 11 is 0. The molecule has 0 aliphatic rings. The molecule has 0 amide bonds. The zero-order valence-electron chi connectivity index (χ0n) is 6.78. The summed E-state index contributed by atoms with van der Waals surface area (Å²) in [6.45, 7) is 0. The van der Waals surface area contributed by atoms with Crippen LogP contribution in [0.15, 0.2) is 23.1 Å². The average molecular weight is 192 g/mol. The quantitative estimate of drug-likeness (QED) is 0.726. The van der Waals surface area contributed by atoms with Crippen molar-refractivity contribution in [2.45, 2.75) is 0 Å². The SMILES string of the molecule is O=C(O)c1noc(-c2cnccn2)n1. The first-order chi connectivity index (χ1) is 6.77. The standard InChI is InChI=1S/C7H4N4O3/c12-7(13)5-10-6(14-11-5)4-3-8-1-2-9-4/h1-3H,(H,12,13). The summed E-state index contributed by atoms with van der Waals surface area (Å²) in [5.74, 6) is -1.61.